The number of nitrogens with two attached hydrogens (primary N) is 1. The number of halogens is 5. The number of aliphatic carboxylic acids is 1. The van der Waals surface area contributed by atoms with Crippen LogP contribution in [-0.4, -0.2) is 36.9 Å². The zero-order chi connectivity index (χ0) is 26.8. The van der Waals surface area contributed by atoms with Crippen LogP contribution in [0.15, 0.2) is 69.7 Å². The molecular formula is C21H17F5N4O4S2. The quantitative estimate of drug-likeness (QED) is 0.252. The average molecular weight is 549 g/mol. The van der Waals surface area contributed by atoms with Gasteiger partial charge in [0.05, 0.1) is 10.6 Å². The summed E-state index contributed by atoms with van der Waals surface area (Å²) in [6, 6.07) is 6.70. The van der Waals surface area contributed by atoms with Crippen molar-refractivity contribution in [2.24, 2.45) is 5.14 Å². The molecule has 0 bridgehead atoms. The second-order valence-corrected chi connectivity index (χ2v) is 9.90. The van der Waals surface area contributed by atoms with Crippen LogP contribution in [0, 0.1) is 17.0 Å². The first-order chi connectivity index (χ1) is 16.7. The van der Waals surface area contributed by atoms with Gasteiger partial charge < -0.3 is 15.7 Å². The predicted molar refractivity (Wildman–Crippen MR) is 121 cm³/mol. The minimum Gasteiger partial charge on any atom is -0.477 e. The molecule has 0 aliphatic carbocycles. The van der Waals surface area contributed by atoms with Gasteiger partial charge in [-0.3, -0.25) is 5.41 Å². The van der Waals surface area contributed by atoms with E-state index in [2.05, 4.69) is 10.6 Å². The smallest absolute Gasteiger partial charge is 0.431 e. The maximum Gasteiger partial charge on any atom is 0.431 e. The topological polar surface area (TPSA) is 145 Å². The van der Waals surface area contributed by atoms with E-state index >= 15 is 0 Å². The highest BCUT2D eigenvalue weighted by molar-refractivity contribution is 8.02. The van der Waals surface area contributed by atoms with Crippen LogP contribution in [0.3, 0.4) is 0 Å². The largest absolute Gasteiger partial charge is 0.477 e. The highest BCUT2D eigenvalue weighted by Gasteiger charge is 2.40. The molecule has 36 heavy (non-hydrogen) atoms. The van der Waals surface area contributed by atoms with Crippen molar-refractivity contribution in [1.29, 1.82) is 5.41 Å². The zero-order valence-corrected chi connectivity index (χ0v) is 19.5. The molecule has 1 aliphatic heterocycles. The lowest BCUT2D eigenvalue weighted by Crippen LogP contribution is -2.42. The third-order valence-corrected chi connectivity index (χ3v) is 6.65. The summed E-state index contributed by atoms with van der Waals surface area (Å²) in [7, 11) is -4.07. The first-order valence-electron chi connectivity index (χ1n) is 9.75. The van der Waals surface area contributed by atoms with Crippen LogP contribution in [0.5, 0.6) is 0 Å². The number of carboxylic acids is 1. The molecule has 0 radical (unpaired) electrons. The molecule has 15 heteroatoms. The molecule has 8 nitrogen and oxygen atoms in total. The highest BCUT2D eigenvalue weighted by atomic mass is 32.2. The zero-order valence-electron chi connectivity index (χ0n) is 17.9. The Hall–Kier alpha value is -3.43. The Bertz CT molecular complexity index is 1370. The van der Waals surface area contributed by atoms with Crippen LogP contribution < -0.4 is 15.8 Å². The summed E-state index contributed by atoms with van der Waals surface area (Å²) in [6.07, 6.45) is -5.67. The SMILES string of the molecule is N=C(/C(Cc1ccc(S(N)(=O)=O)cc1)=C(\NC1NC(C(=O)O)=CS1)C(F)(F)F)c1ccc(F)c(F)c1. The van der Waals surface area contributed by atoms with Crippen molar-refractivity contribution < 1.29 is 40.3 Å². The van der Waals surface area contributed by atoms with Crippen molar-refractivity contribution in [3.8, 4) is 0 Å². The Balaban J connectivity index is 2.09. The number of thioether (sulfide) groups is 1. The van der Waals surface area contributed by atoms with E-state index in [9.17, 15) is 35.2 Å². The average Bonchev–Trinajstić information content (AvgIpc) is 3.26. The lowest BCUT2D eigenvalue weighted by atomic mass is 9.94. The Morgan fingerprint density at radius 2 is 1.78 bits per heavy atom. The molecule has 1 atom stereocenters. The number of primary sulfonamides is 1. The van der Waals surface area contributed by atoms with E-state index in [4.69, 9.17) is 15.7 Å². The first kappa shape index (κ1) is 27.2. The van der Waals surface area contributed by atoms with Gasteiger partial charge in [0.15, 0.2) is 11.6 Å². The Morgan fingerprint density at radius 1 is 1.14 bits per heavy atom. The molecule has 1 heterocycles. The summed E-state index contributed by atoms with van der Waals surface area (Å²) in [6.45, 7) is 0. The molecule has 0 fully saturated rings. The van der Waals surface area contributed by atoms with E-state index in [1.165, 1.54) is 12.1 Å². The number of carbonyl (C=O) groups is 1. The van der Waals surface area contributed by atoms with Crippen LogP contribution in [0.1, 0.15) is 11.1 Å². The van der Waals surface area contributed by atoms with Crippen LogP contribution in [0.2, 0.25) is 0 Å². The second kappa shape index (κ2) is 10.3. The molecular weight excluding hydrogens is 531 g/mol. The molecule has 2 aromatic rings. The van der Waals surface area contributed by atoms with Gasteiger partial charge in [0.2, 0.25) is 10.0 Å². The maximum atomic E-state index is 14.2. The van der Waals surface area contributed by atoms with Gasteiger partial charge in [0, 0.05) is 23.0 Å². The van der Waals surface area contributed by atoms with Crippen molar-refractivity contribution in [3.63, 3.8) is 0 Å². The molecule has 3 rings (SSSR count). The van der Waals surface area contributed by atoms with Crippen molar-refractivity contribution >= 4 is 33.5 Å². The van der Waals surface area contributed by atoms with Gasteiger partial charge in [-0.05, 0) is 35.9 Å². The maximum absolute atomic E-state index is 14.2. The third-order valence-electron chi connectivity index (χ3n) is 4.84. The molecule has 6 N–H and O–H groups in total. The van der Waals surface area contributed by atoms with Gasteiger partial charge in [0.1, 0.15) is 16.9 Å². The number of rotatable bonds is 8. The summed E-state index contributed by atoms with van der Waals surface area (Å²) >= 11 is 0.704. The minimum atomic E-state index is -5.09. The predicted octanol–water partition coefficient (Wildman–Crippen LogP) is 3.17. The molecule has 192 valence electrons. The van der Waals surface area contributed by atoms with Crippen LogP contribution in [0.4, 0.5) is 22.0 Å². The van der Waals surface area contributed by atoms with E-state index in [0.29, 0.717) is 23.9 Å². The fourth-order valence-corrected chi connectivity index (χ4v) is 4.46. The van der Waals surface area contributed by atoms with Gasteiger partial charge in [-0.2, -0.15) is 13.2 Å². The summed E-state index contributed by atoms with van der Waals surface area (Å²) in [5, 5.41) is 28.1. The number of carboxylic acid groups (broad SMARTS) is 1. The van der Waals surface area contributed by atoms with E-state index < -0.39 is 62.7 Å². The van der Waals surface area contributed by atoms with Crippen molar-refractivity contribution in [2.45, 2.75) is 23.0 Å². The lowest BCUT2D eigenvalue weighted by molar-refractivity contribution is -0.133. The lowest BCUT2D eigenvalue weighted by Gasteiger charge is -2.24. The standard InChI is InChI=1S/C21H17F5N4O4S2/c22-14-6-3-11(8-15(14)23)17(27)13(7-10-1-4-12(5-2-10)36(28,33)34)18(21(24,25)26)30-20-29-16(9-35-20)19(31)32/h1-6,8-9,20,27,29-30H,7H2,(H,31,32)(H2,28,33,34)/b18-13-,27-17?. The van der Waals surface area contributed by atoms with E-state index in [0.717, 1.165) is 23.6 Å². The number of benzene rings is 2. The molecule has 1 aliphatic rings. The molecule has 1 unspecified atom stereocenters. The van der Waals surface area contributed by atoms with Crippen LogP contribution >= 0.6 is 11.8 Å². The molecule has 2 aromatic carbocycles. The molecule has 0 amide bonds. The fraction of sp³-hybridized carbons (Fsp3) is 0.143. The van der Waals surface area contributed by atoms with Crippen LogP contribution in [-0.2, 0) is 21.2 Å². The van der Waals surface area contributed by atoms with Gasteiger partial charge in [-0.15, -0.1) is 0 Å². The van der Waals surface area contributed by atoms with Gasteiger partial charge >= 0.3 is 12.1 Å². The second-order valence-electron chi connectivity index (χ2n) is 7.36. The third kappa shape index (κ3) is 6.41. The molecule has 0 saturated carbocycles. The van der Waals surface area contributed by atoms with E-state index in [1.54, 1.807) is 0 Å². The summed E-state index contributed by atoms with van der Waals surface area (Å²) in [5.74, 6) is -4.03. The minimum absolute atomic E-state index is 0.143. The fourth-order valence-electron chi connectivity index (χ4n) is 3.13. The van der Waals surface area contributed by atoms with E-state index in [1.807, 2.05) is 0 Å². The van der Waals surface area contributed by atoms with Crippen LogP contribution in [0.25, 0.3) is 0 Å². The van der Waals surface area contributed by atoms with Gasteiger partial charge in [0.25, 0.3) is 0 Å². The first-order valence-corrected chi connectivity index (χ1v) is 12.2. The van der Waals surface area contributed by atoms with Gasteiger partial charge in [-0.25, -0.2) is 27.1 Å². The Morgan fingerprint density at radius 3 is 2.28 bits per heavy atom. The number of alkyl halides is 3. The van der Waals surface area contributed by atoms with Crippen molar-refractivity contribution in [2.75, 3.05) is 0 Å². The molecule has 0 aromatic heterocycles. The Labute approximate surface area is 205 Å². The van der Waals surface area contributed by atoms with Crippen molar-refractivity contribution in [3.05, 3.63) is 87.6 Å². The van der Waals surface area contributed by atoms with Crippen molar-refractivity contribution in [1.82, 2.24) is 10.6 Å². The number of hydrogen-bond donors (Lipinski definition) is 5. The van der Waals surface area contributed by atoms with E-state index in [-0.39, 0.29) is 21.7 Å². The number of hydrogen-bond acceptors (Lipinski definition) is 7. The monoisotopic (exact) mass is 548 g/mol. The number of nitrogens with one attached hydrogen (secondary N) is 3. The van der Waals surface area contributed by atoms with Gasteiger partial charge in [-0.1, -0.05) is 23.9 Å². The molecule has 0 saturated heterocycles. The number of allylic oxidation sites excluding steroid dienone is 2. The normalized spacial score (nSPS) is 16.6. The number of sulfonamides is 1. The molecule has 0 spiro atoms. The summed E-state index contributed by atoms with van der Waals surface area (Å²) in [5.41, 5.74) is -4.76. The highest BCUT2D eigenvalue weighted by Crippen LogP contribution is 2.32. The Kier molecular flexibility index (Phi) is 7.76. The summed E-state index contributed by atoms with van der Waals surface area (Å²) < 4.78 is 92.8. The summed E-state index contributed by atoms with van der Waals surface area (Å²) in [4.78, 5) is 10.8.